The zero-order valence-corrected chi connectivity index (χ0v) is 15.6. The van der Waals surface area contributed by atoms with E-state index in [1.54, 1.807) is 49.6 Å². The Hall–Kier alpha value is -2.15. The summed E-state index contributed by atoms with van der Waals surface area (Å²) in [6.07, 6.45) is 0. The van der Waals surface area contributed by atoms with Gasteiger partial charge < -0.3 is 9.47 Å². The molecule has 0 aliphatic carbocycles. The number of ether oxygens (including phenoxy) is 2. The summed E-state index contributed by atoms with van der Waals surface area (Å²) in [5.74, 6) is -0.187. The van der Waals surface area contributed by atoms with Crippen LogP contribution in [0.2, 0.25) is 5.02 Å². The maximum atomic E-state index is 12.4. The third-order valence-electron chi connectivity index (χ3n) is 3.33. The molecule has 7 heteroatoms. The molecule has 128 valence electrons. The van der Waals surface area contributed by atoms with Gasteiger partial charge >= 0.3 is 5.97 Å². The van der Waals surface area contributed by atoms with Gasteiger partial charge in [0, 0.05) is 22.7 Å². The number of carbonyl (C=O) groups is 1. The average molecular weight is 422 g/mol. The monoisotopic (exact) mass is 420 g/mol. The van der Waals surface area contributed by atoms with E-state index in [9.17, 15) is 4.79 Å². The first-order valence-corrected chi connectivity index (χ1v) is 8.55. The van der Waals surface area contributed by atoms with Gasteiger partial charge in [-0.1, -0.05) is 39.7 Å². The van der Waals surface area contributed by atoms with Crippen molar-refractivity contribution >= 4 is 33.5 Å². The van der Waals surface area contributed by atoms with Gasteiger partial charge in [-0.2, -0.15) is 5.10 Å². The van der Waals surface area contributed by atoms with E-state index in [0.717, 1.165) is 4.47 Å². The second kappa shape index (κ2) is 7.82. The molecular weight excluding hydrogens is 408 g/mol. The van der Waals surface area contributed by atoms with E-state index in [1.807, 2.05) is 12.1 Å². The van der Waals surface area contributed by atoms with E-state index >= 15 is 0 Å². The van der Waals surface area contributed by atoms with Crippen LogP contribution in [0.4, 0.5) is 0 Å². The number of rotatable bonds is 5. The van der Waals surface area contributed by atoms with Crippen molar-refractivity contribution in [3.8, 4) is 11.6 Å². The molecule has 0 saturated carbocycles. The highest BCUT2D eigenvalue weighted by atomic mass is 79.9. The summed E-state index contributed by atoms with van der Waals surface area (Å²) >= 11 is 9.40. The third-order valence-corrected chi connectivity index (χ3v) is 4.06. The van der Waals surface area contributed by atoms with E-state index in [-0.39, 0.29) is 0 Å². The largest absolute Gasteiger partial charge is 0.404 e. The number of carbonyl (C=O) groups excluding carboxylic acids is 1. The van der Waals surface area contributed by atoms with Gasteiger partial charge in [-0.05, 0) is 36.4 Å². The smallest absolute Gasteiger partial charge is 0.344 e. The summed E-state index contributed by atoms with van der Waals surface area (Å²) in [5, 5.41) is 4.98. The average Bonchev–Trinajstić information content (AvgIpc) is 2.97. The van der Waals surface area contributed by atoms with Crippen molar-refractivity contribution in [3.63, 3.8) is 0 Å². The Labute approximate surface area is 158 Å². The molecule has 0 unspecified atom stereocenters. The van der Waals surface area contributed by atoms with Gasteiger partial charge in [0.25, 0.3) is 0 Å². The molecule has 0 radical (unpaired) electrons. The lowest BCUT2D eigenvalue weighted by molar-refractivity contribution is 0.0723. The third kappa shape index (κ3) is 4.28. The zero-order valence-electron chi connectivity index (χ0n) is 13.3. The maximum Gasteiger partial charge on any atom is 0.344 e. The number of esters is 1. The van der Waals surface area contributed by atoms with Crippen molar-refractivity contribution in [2.75, 3.05) is 7.11 Å². The van der Waals surface area contributed by atoms with E-state index < -0.39 is 5.97 Å². The maximum absolute atomic E-state index is 12.4. The van der Waals surface area contributed by atoms with Gasteiger partial charge in [-0.3, -0.25) is 0 Å². The molecule has 0 atom stereocenters. The van der Waals surface area contributed by atoms with Crippen molar-refractivity contribution in [2.24, 2.45) is 0 Å². The number of hydrogen-bond acceptors (Lipinski definition) is 4. The molecule has 0 bridgehead atoms. The van der Waals surface area contributed by atoms with Crippen LogP contribution >= 0.6 is 27.5 Å². The van der Waals surface area contributed by atoms with Gasteiger partial charge in [-0.15, -0.1) is 0 Å². The quantitative estimate of drug-likeness (QED) is 0.563. The molecule has 1 aromatic heterocycles. The second-order valence-electron chi connectivity index (χ2n) is 5.20. The number of hydrogen-bond donors (Lipinski definition) is 0. The van der Waals surface area contributed by atoms with Crippen LogP contribution in [0.5, 0.6) is 5.88 Å². The Balaban J connectivity index is 1.95. The van der Waals surface area contributed by atoms with Gasteiger partial charge in [-0.25, -0.2) is 9.48 Å². The lowest BCUT2D eigenvalue weighted by Crippen LogP contribution is -2.11. The Kier molecular flexibility index (Phi) is 5.53. The Morgan fingerprint density at radius 1 is 1.20 bits per heavy atom. The van der Waals surface area contributed by atoms with Crippen LogP contribution in [0.15, 0.2) is 59.1 Å². The van der Waals surface area contributed by atoms with Crippen LogP contribution in [0.3, 0.4) is 0 Å². The van der Waals surface area contributed by atoms with Crippen molar-refractivity contribution in [3.05, 3.63) is 75.4 Å². The number of aromatic nitrogens is 2. The molecular formula is C18H14BrClN2O3. The van der Waals surface area contributed by atoms with Crippen LogP contribution in [0.25, 0.3) is 5.69 Å². The van der Waals surface area contributed by atoms with Crippen molar-refractivity contribution in [1.29, 1.82) is 0 Å². The highest BCUT2D eigenvalue weighted by Gasteiger charge is 2.16. The summed E-state index contributed by atoms with van der Waals surface area (Å²) in [4.78, 5) is 12.4. The van der Waals surface area contributed by atoms with Crippen LogP contribution in [0.1, 0.15) is 16.1 Å². The van der Waals surface area contributed by atoms with Gasteiger partial charge in [0.15, 0.2) is 0 Å². The van der Waals surface area contributed by atoms with E-state index in [0.29, 0.717) is 34.5 Å². The summed E-state index contributed by atoms with van der Waals surface area (Å²) in [5.41, 5.74) is 1.76. The summed E-state index contributed by atoms with van der Waals surface area (Å²) in [6.45, 7) is 0.301. The molecule has 1 heterocycles. The van der Waals surface area contributed by atoms with Gasteiger partial charge in [0.1, 0.15) is 0 Å². The first-order chi connectivity index (χ1) is 12.1. The minimum Gasteiger partial charge on any atom is -0.404 e. The van der Waals surface area contributed by atoms with Crippen molar-refractivity contribution < 1.29 is 14.3 Å². The molecule has 0 aliphatic heterocycles. The molecule has 5 nitrogen and oxygen atoms in total. The highest BCUT2D eigenvalue weighted by Crippen LogP contribution is 2.23. The van der Waals surface area contributed by atoms with Crippen LogP contribution in [-0.2, 0) is 11.3 Å². The molecule has 0 N–H and O–H groups in total. The SMILES string of the molecule is COCc1cc(OC(=O)c2cccc(Br)c2)n(-c2cccc(Cl)c2)n1. The fraction of sp³-hybridized carbons (Fsp3) is 0.111. The van der Waals surface area contributed by atoms with Crippen molar-refractivity contribution in [2.45, 2.75) is 6.61 Å². The molecule has 0 spiro atoms. The van der Waals surface area contributed by atoms with Gasteiger partial charge in [0.2, 0.25) is 5.88 Å². The first kappa shape index (κ1) is 17.7. The minimum atomic E-state index is -0.478. The predicted molar refractivity (Wildman–Crippen MR) is 98.4 cm³/mol. The Morgan fingerprint density at radius 3 is 2.72 bits per heavy atom. The number of methoxy groups -OCH3 is 1. The fourth-order valence-corrected chi connectivity index (χ4v) is 2.85. The topological polar surface area (TPSA) is 53.4 Å². The standard InChI is InChI=1S/C18H14BrClN2O3/c1-24-11-15-10-17(22(21-15)16-7-3-6-14(20)9-16)25-18(23)12-4-2-5-13(19)8-12/h2-10H,11H2,1H3. The molecule has 3 rings (SSSR count). The second-order valence-corrected chi connectivity index (χ2v) is 6.55. The molecule has 0 saturated heterocycles. The van der Waals surface area contributed by atoms with E-state index in [4.69, 9.17) is 21.1 Å². The molecule has 2 aromatic carbocycles. The fourth-order valence-electron chi connectivity index (χ4n) is 2.26. The van der Waals surface area contributed by atoms with Gasteiger partial charge in [0.05, 0.1) is 23.6 Å². The summed E-state index contributed by atoms with van der Waals surface area (Å²) in [6, 6.07) is 15.8. The zero-order chi connectivity index (χ0) is 17.8. The molecule has 0 aliphatic rings. The lowest BCUT2D eigenvalue weighted by atomic mass is 10.2. The summed E-state index contributed by atoms with van der Waals surface area (Å²) in [7, 11) is 1.57. The number of nitrogens with zero attached hydrogens (tertiary/aromatic N) is 2. The lowest BCUT2D eigenvalue weighted by Gasteiger charge is -2.08. The molecule has 3 aromatic rings. The van der Waals surface area contributed by atoms with E-state index in [2.05, 4.69) is 21.0 Å². The van der Waals surface area contributed by atoms with Crippen LogP contribution < -0.4 is 4.74 Å². The predicted octanol–water partition coefficient (Wildman–Crippen LogP) is 4.65. The van der Waals surface area contributed by atoms with E-state index in [1.165, 1.54) is 4.68 Å². The highest BCUT2D eigenvalue weighted by molar-refractivity contribution is 9.10. The Morgan fingerprint density at radius 2 is 2.00 bits per heavy atom. The first-order valence-electron chi connectivity index (χ1n) is 7.38. The minimum absolute atomic E-state index is 0.291. The molecule has 25 heavy (non-hydrogen) atoms. The Bertz CT molecular complexity index is 911. The molecule has 0 fully saturated rings. The van der Waals surface area contributed by atoms with Crippen LogP contribution in [0, 0.1) is 0 Å². The number of benzene rings is 2. The summed E-state index contributed by atoms with van der Waals surface area (Å²) < 4.78 is 13.0. The number of halogens is 2. The molecule has 0 amide bonds. The van der Waals surface area contributed by atoms with Crippen molar-refractivity contribution in [1.82, 2.24) is 9.78 Å². The van der Waals surface area contributed by atoms with Crippen LogP contribution in [-0.4, -0.2) is 22.9 Å². The normalized spacial score (nSPS) is 10.7.